The summed E-state index contributed by atoms with van der Waals surface area (Å²) < 4.78 is 11.1. The molecule has 0 amide bonds. The van der Waals surface area contributed by atoms with Crippen molar-refractivity contribution in [3.8, 4) is 0 Å². The van der Waals surface area contributed by atoms with Gasteiger partial charge in [0.2, 0.25) is 0 Å². The van der Waals surface area contributed by atoms with Gasteiger partial charge in [-0.3, -0.25) is 9.59 Å². The Morgan fingerprint density at radius 2 is 1.02 bits per heavy atom. The molecule has 0 aromatic carbocycles. The molecular formula is C44H85NO5. The average molecular weight is 708 g/mol. The summed E-state index contributed by atoms with van der Waals surface area (Å²) in [7, 11) is 0. The van der Waals surface area contributed by atoms with Gasteiger partial charge in [-0.05, 0) is 95.1 Å². The second-order valence-corrected chi connectivity index (χ2v) is 16.0. The first-order valence-corrected chi connectivity index (χ1v) is 22.1. The Hall–Kier alpha value is -1.14. The van der Waals surface area contributed by atoms with Crippen LogP contribution in [0.5, 0.6) is 0 Å². The Balaban J connectivity index is 2.11. The van der Waals surface area contributed by atoms with Crippen molar-refractivity contribution in [3.63, 3.8) is 0 Å². The molecule has 0 atom stereocenters. The number of aliphatic hydroxyl groups is 1. The number of ether oxygens (including phenoxy) is 2. The molecule has 6 heteroatoms. The van der Waals surface area contributed by atoms with Gasteiger partial charge in [0.1, 0.15) is 0 Å². The lowest BCUT2D eigenvalue weighted by Crippen LogP contribution is -2.28. The summed E-state index contributed by atoms with van der Waals surface area (Å²) in [6.45, 7) is 11.4. The van der Waals surface area contributed by atoms with Crippen molar-refractivity contribution in [3.05, 3.63) is 0 Å². The van der Waals surface area contributed by atoms with Crippen LogP contribution in [0.4, 0.5) is 0 Å². The van der Waals surface area contributed by atoms with Crippen molar-refractivity contribution in [2.75, 3.05) is 39.5 Å². The number of hydrogen-bond donors (Lipinski definition) is 1. The number of rotatable bonds is 39. The molecule has 296 valence electrons. The average Bonchev–Trinajstić information content (AvgIpc) is 3.90. The van der Waals surface area contributed by atoms with Gasteiger partial charge in [0.05, 0.1) is 13.2 Å². The van der Waals surface area contributed by atoms with E-state index in [0.717, 1.165) is 70.5 Å². The molecule has 1 rings (SSSR count). The maximum absolute atomic E-state index is 12.5. The molecule has 0 aromatic rings. The lowest BCUT2D eigenvalue weighted by atomic mass is 9.91. The zero-order chi connectivity index (χ0) is 36.4. The Labute approximate surface area is 311 Å². The molecule has 0 heterocycles. The minimum atomic E-state index is -0.0201. The SMILES string of the molecule is CCCCCCCCCC(=O)OCCCCCCCN(CCCO)CCCCC1(CCC(=O)OCCCC(CCCCC)CCCCC)CC1. The molecule has 1 aliphatic rings. The van der Waals surface area contributed by atoms with Crippen molar-refractivity contribution in [2.24, 2.45) is 11.3 Å². The van der Waals surface area contributed by atoms with E-state index in [-0.39, 0.29) is 18.5 Å². The van der Waals surface area contributed by atoms with Gasteiger partial charge in [0, 0.05) is 26.0 Å². The number of hydrogen-bond acceptors (Lipinski definition) is 6. The van der Waals surface area contributed by atoms with Gasteiger partial charge in [-0.1, -0.05) is 136 Å². The largest absolute Gasteiger partial charge is 0.466 e. The van der Waals surface area contributed by atoms with E-state index >= 15 is 0 Å². The number of carbonyl (C=O) groups is 2. The van der Waals surface area contributed by atoms with E-state index in [1.807, 2.05) is 0 Å². The third-order valence-corrected chi connectivity index (χ3v) is 11.2. The smallest absolute Gasteiger partial charge is 0.305 e. The fraction of sp³-hybridized carbons (Fsp3) is 0.955. The lowest BCUT2D eigenvalue weighted by molar-refractivity contribution is -0.145. The molecule has 0 radical (unpaired) electrons. The van der Waals surface area contributed by atoms with Gasteiger partial charge < -0.3 is 19.5 Å². The first-order valence-electron chi connectivity index (χ1n) is 22.1. The van der Waals surface area contributed by atoms with E-state index in [1.165, 1.54) is 141 Å². The Bertz CT molecular complexity index is 760. The number of unbranched alkanes of at least 4 members (excludes halogenated alkanes) is 15. The van der Waals surface area contributed by atoms with Gasteiger partial charge in [-0.25, -0.2) is 0 Å². The van der Waals surface area contributed by atoms with Crippen molar-refractivity contribution in [1.82, 2.24) is 4.90 Å². The van der Waals surface area contributed by atoms with E-state index in [9.17, 15) is 14.7 Å². The van der Waals surface area contributed by atoms with Crippen LogP contribution in [-0.2, 0) is 19.1 Å². The highest BCUT2D eigenvalue weighted by atomic mass is 16.5. The zero-order valence-corrected chi connectivity index (χ0v) is 33.8. The van der Waals surface area contributed by atoms with E-state index in [0.29, 0.717) is 31.5 Å². The minimum absolute atomic E-state index is 0.0137. The van der Waals surface area contributed by atoms with Crippen LogP contribution in [0.15, 0.2) is 0 Å². The maximum Gasteiger partial charge on any atom is 0.305 e. The maximum atomic E-state index is 12.5. The Morgan fingerprint density at radius 1 is 0.540 bits per heavy atom. The molecule has 0 spiro atoms. The quantitative estimate of drug-likeness (QED) is 0.0506. The molecule has 0 unspecified atom stereocenters. The summed E-state index contributed by atoms with van der Waals surface area (Å²) in [6, 6.07) is 0. The van der Waals surface area contributed by atoms with Gasteiger partial charge in [-0.2, -0.15) is 0 Å². The van der Waals surface area contributed by atoms with E-state index in [1.54, 1.807) is 0 Å². The molecule has 1 fully saturated rings. The molecule has 6 nitrogen and oxygen atoms in total. The van der Waals surface area contributed by atoms with E-state index in [2.05, 4.69) is 25.7 Å². The fourth-order valence-corrected chi connectivity index (χ4v) is 7.52. The van der Waals surface area contributed by atoms with Crippen LogP contribution < -0.4 is 0 Å². The first kappa shape index (κ1) is 46.9. The monoisotopic (exact) mass is 708 g/mol. The predicted octanol–water partition coefficient (Wildman–Crippen LogP) is 12.1. The van der Waals surface area contributed by atoms with Crippen molar-refractivity contribution >= 4 is 11.9 Å². The van der Waals surface area contributed by atoms with E-state index in [4.69, 9.17) is 9.47 Å². The summed E-state index contributed by atoms with van der Waals surface area (Å²) >= 11 is 0. The van der Waals surface area contributed by atoms with Gasteiger partial charge >= 0.3 is 11.9 Å². The van der Waals surface area contributed by atoms with Crippen molar-refractivity contribution < 1.29 is 24.2 Å². The molecule has 0 aliphatic heterocycles. The zero-order valence-electron chi connectivity index (χ0n) is 33.8. The standard InChI is InChI=1S/C44H85NO5/c1-4-7-10-11-12-14-19-29-42(47)49-39-23-16-13-15-21-35-45(37-25-38-46)36-22-20-31-44(33-34-44)32-30-43(48)50-40-24-28-41(26-17-8-5-2)27-18-9-6-3/h41,46H,4-40H2,1-3H3. The summed E-state index contributed by atoms with van der Waals surface area (Å²) in [5, 5.41) is 9.41. The third-order valence-electron chi connectivity index (χ3n) is 11.2. The Morgan fingerprint density at radius 3 is 1.64 bits per heavy atom. The Kier molecular flexibility index (Phi) is 31.6. The van der Waals surface area contributed by atoms with E-state index < -0.39 is 0 Å². The van der Waals surface area contributed by atoms with Crippen LogP contribution in [0.2, 0.25) is 0 Å². The molecule has 0 bridgehead atoms. The molecule has 0 saturated heterocycles. The first-order chi connectivity index (χ1) is 24.5. The molecule has 1 saturated carbocycles. The molecule has 0 aromatic heterocycles. The van der Waals surface area contributed by atoms with Gasteiger partial charge in [0.15, 0.2) is 0 Å². The summed E-state index contributed by atoms with van der Waals surface area (Å²) in [5.74, 6) is 0.799. The van der Waals surface area contributed by atoms with Crippen molar-refractivity contribution in [2.45, 2.75) is 220 Å². The third kappa shape index (κ3) is 28.4. The predicted molar refractivity (Wildman–Crippen MR) is 212 cm³/mol. The summed E-state index contributed by atoms with van der Waals surface area (Å²) in [6.07, 6.45) is 36.3. The van der Waals surface area contributed by atoms with Gasteiger partial charge in [0.25, 0.3) is 0 Å². The van der Waals surface area contributed by atoms with Crippen LogP contribution in [0.1, 0.15) is 220 Å². The topological polar surface area (TPSA) is 76.1 Å². The van der Waals surface area contributed by atoms with Crippen LogP contribution in [0, 0.1) is 11.3 Å². The van der Waals surface area contributed by atoms with Crippen LogP contribution in [0.25, 0.3) is 0 Å². The van der Waals surface area contributed by atoms with Crippen LogP contribution >= 0.6 is 0 Å². The molecule has 1 aliphatic carbocycles. The second-order valence-electron chi connectivity index (χ2n) is 16.0. The van der Waals surface area contributed by atoms with Gasteiger partial charge in [-0.15, -0.1) is 0 Å². The van der Waals surface area contributed by atoms with Crippen LogP contribution in [0.3, 0.4) is 0 Å². The normalized spacial score (nSPS) is 13.7. The number of esters is 2. The molecule has 50 heavy (non-hydrogen) atoms. The highest BCUT2D eigenvalue weighted by Gasteiger charge is 2.41. The summed E-state index contributed by atoms with van der Waals surface area (Å²) in [4.78, 5) is 27.0. The minimum Gasteiger partial charge on any atom is -0.466 e. The number of aliphatic hydroxyl groups excluding tert-OH is 1. The highest BCUT2D eigenvalue weighted by Crippen LogP contribution is 2.53. The molecular weight excluding hydrogens is 622 g/mol. The lowest BCUT2D eigenvalue weighted by Gasteiger charge is -2.22. The fourth-order valence-electron chi connectivity index (χ4n) is 7.52. The number of nitrogens with zero attached hydrogens (tertiary/aromatic N) is 1. The second kappa shape index (κ2) is 33.7. The molecule has 1 N–H and O–H groups in total. The summed E-state index contributed by atoms with van der Waals surface area (Å²) in [5.41, 5.74) is 0.390. The van der Waals surface area contributed by atoms with Crippen molar-refractivity contribution in [1.29, 1.82) is 0 Å². The van der Waals surface area contributed by atoms with Crippen LogP contribution in [-0.4, -0.2) is 61.4 Å². The number of carbonyl (C=O) groups excluding carboxylic acids is 2. The highest BCUT2D eigenvalue weighted by molar-refractivity contribution is 5.69.